The highest BCUT2D eigenvalue weighted by Gasteiger charge is 1.98. The molecule has 0 saturated carbocycles. The lowest BCUT2D eigenvalue weighted by molar-refractivity contribution is 0.588. The number of rotatable bonds is 10. The number of unbranched alkanes of at least 4 members (excludes halogenated alkanes) is 3. The van der Waals surface area contributed by atoms with Gasteiger partial charge in [0.05, 0.1) is 0 Å². The predicted molar refractivity (Wildman–Crippen MR) is 89.7 cm³/mol. The van der Waals surface area contributed by atoms with E-state index < -0.39 is 0 Å². The van der Waals surface area contributed by atoms with Crippen molar-refractivity contribution in [3.8, 4) is 0 Å². The number of hydrogen-bond acceptors (Lipinski definition) is 2. The number of imidazole rings is 1. The van der Waals surface area contributed by atoms with Gasteiger partial charge in [-0.3, -0.25) is 4.99 Å². The molecule has 0 aliphatic rings. The Kier molecular flexibility index (Phi) is 9.33. The van der Waals surface area contributed by atoms with Gasteiger partial charge in [0.2, 0.25) is 0 Å². The molecule has 120 valence electrons. The lowest BCUT2D eigenvalue weighted by Gasteiger charge is -2.11. The van der Waals surface area contributed by atoms with Gasteiger partial charge in [0.15, 0.2) is 5.96 Å². The summed E-state index contributed by atoms with van der Waals surface area (Å²) in [7, 11) is 0. The van der Waals surface area contributed by atoms with Crippen LogP contribution in [0.15, 0.2) is 17.4 Å². The summed E-state index contributed by atoms with van der Waals surface area (Å²) in [5, 5.41) is 6.70. The highest BCUT2D eigenvalue weighted by Crippen LogP contribution is 1.99. The summed E-state index contributed by atoms with van der Waals surface area (Å²) in [6.07, 6.45) is 9.87. The first-order chi connectivity index (χ1) is 10.3. The summed E-state index contributed by atoms with van der Waals surface area (Å²) in [5.41, 5.74) is 0. The Labute approximate surface area is 129 Å². The first kappa shape index (κ1) is 17.5. The summed E-state index contributed by atoms with van der Waals surface area (Å²) in [6.45, 7) is 10.2. The number of aliphatic imine (C=N–C) groups is 1. The van der Waals surface area contributed by atoms with Crippen LogP contribution >= 0.6 is 0 Å². The maximum absolute atomic E-state index is 4.59. The van der Waals surface area contributed by atoms with Crippen molar-refractivity contribution >= 4 is 5.96 Å². The molecule has 0 atom stereocenters. The van der Waals surface area contributed by atoms with Gasteiger partial charge in [-0.2, -0.15) is 0 Å². The molecule has 5 heteroatoms. The second-order valence-electron chi connectivity index (χ2n) is 5.27. The van der Waals surface area contributed by atoms with Crippen LogP contribution < -0.4 is 10.6 Å². The largest absolute Gasteiger partial charge is 0.357 e. The SMILES string of the molecule is CCCCCN=C(NCC)NCCCCn1ccnc1C. The fourth-order valence-electron chi connectivity index (χ4n) is 2.15. The fraction of sp³-hybridized carbons (Fsp3) is 0.750. The topological polar surface area (TPSA) is 54.2 Å². The van der Waals surface area contributed by atoms with Gasteiger partial charge in [-0.1, -0.05) is 19.8 Å². The minimum absolute atomic E-state index is 0.911. The van der Waals surface area contributed by atoms with Gasteiger partial charge < -0.3 is 15.2 Å². The first-order valence-corrected chi connectivity index (χ1v) is 8.27. The van der Waals surface area contributed by atoms with E-state index in [1.165, 1.54) is 19.3 Å². The van der Waals surface area contributed by atoms with Crippen LogP contribution in [0.25, 0.3) is 0 Å². The molecular weight excluding hydrogens is 262 g/mol. The molecule has 0 aliphatic carbocycles. The Bertz CT molecular complexity index is 397. The first-order valence-electron chi connectivity index (χ1n) is 8.27. The van der Waals surface area contributed by atoms with Crippen molar-refractivity contribution in [2.45, 2.75) is 59.4 Å². The summed E-state index contributed by atoms with van der Waals surface area (Å²) in [5.74, 6) is 2.04. The summed E-state index contributed by atoms with van der Waals surface area (Å²) in [4.78, 5) is 8.83. The number of aryl methyl sites for hydroxylation is 2. The number of guanidine groups is 1. The van der Waals surface area contributed by atoms with Crippen molar-refractivity contribution in [3.63, 3.8) is 0 Å². The Balaban J connectivity index is 2.16. The average molecular weight is 293 g/mol. The van der Waals surface area contributed by atoms with Crippen LogP contribution in [0.3, 0.4) is 0 Å². The normalized spacial score (nSPS) is 11.7. The molecular formula is C16H31N5. The van der Waals surface area contributed by atoms with Gasteiger partial charge in [-0.25, -0.2) is 4.98 Å². The Morgan fingerprint density at radius 1 is 1.19 bits per heavy atom. The maximum atomic E-state index is 4.59. The molecule has 1 aromatic heterocycles. The second kappa shape index (κ2) is 11.2. The molecule has 1 rings (SSSR count). The van der Waals surface area contributed by atoms with Gasteiger partial charge >= 0.3 is 0 Å². The van der Waals surface area contributed by atoms with E-state index in [1.807, 2.05) is 19.3 Å². The van der Waals surface area contributed by atoms with Gasteiger partial charge in [-0.15, -0.1) is 0 Å². The summed E-state index contributed by atoms with van der Waals surface area (Å²) < 4.78 is 2.20. The average Bonchev–Trinajstić information content (AvgIpc) is 2.88. The molecule has 0 amide bonds. The summed E-state index contributed by atoms with van der Waals surface area (Å²) in [6, 6.07) is 0. The zero-order valence-electron chi connectivity index (χ0n) is 13.9. The van der Waals surface area contributed by atoms with E-state index in [1.54, 1.807) is 0 Å². The number of nitrogens with one attached hydrogen (secondary N) is 2. The van der Waals surface area contributed by atoms with Crippen LogP contribution in [0.1, 0.15) is 51.8 Å². The molecule has 0 aromatic carbocycles. The quantitative estimate of drug-likeness (QED) is 0.396. The van der Waals surface area contributed by atoms with Crippen LogP contribution in [0, 0.1) is 6.92 Å². The molecule has 0 bridgehead atoms. The van der Waals surface area contributed by atoms with Gasteiger partial charge in [-0.05, 0) is 33.1 Å². The van der Waals surface area contributed by atoms with E-state index in [2.05, 4.69) is 39.0 Å². The Morgan fingerprint density at radius 2 is 2.05 bits per heavy atom. The van der Waals surface area contributed by atoms with Crippen molar-refractivity contribution in [2.75, 3.05) is 19.6 Å². The third-order valence-electron chi connectivity index (χ3n) is 3.42. The van der Waals surface area contributed by atoms with Gasteiger partial charge in [0.1, 0.15) is 5.82 Å². The van der Waals surface area contributed by atoms with E-state index in [0.717, 1.165) is 50.8 Å². The van der Waals surface area contributed by atoms with Crippen LogP contribution in [0.5, 0.6) is 0 Å². The molecule has 0 radical (unpaired) electrons. The van der Waals surface area contributed by atoms with Crippen molar-refractivity contribution in [1.82, 2.24) is 20.2 Å². The zero-order valence-corrected chi connectivity index (χ0v) is 13.9. The van der Waals surface area contributed by atoms with Crippen LogP contribution in [-0.4, -0.2) is 35.1 Å². The monoisotopic (exact) mass is 293 g/mol. The third kappa shape index (κ3) is 7.73. The molecule has 0 aliphatic heterocycles. The van der Waals surface area contributed by atoms with Crippen molar-refractivity contribution < 1.29 is 0 Å². The Morgan fingerprint density at radius 3 is 2.71 bits per heavy atom. The molecule has 0 unspecified atom stereocenters. The van der Waals surface area contributed by atoms with E-state index >= 15 is 0 Å². The van der Waals surface area contributed by atoms with Crippen molar-refractivity contribution in [1.29, 1.82) is 0 Å². The minimum Gasteiger partial charge on any atom is -0.357 e. The lowest BCUT2D eigenvalue weighted by Crippen LogP contribution is -2.37. The van der Waals surface area contributed by atoms with Gasteiger partial charge in [0, 0.05) is 38.6 Å². The maximum Gasteiger partial charge on any atom is 0.191 e. The van der Waals surface area contributed by atoms with Gasteiger partial charge in [0.25, 0.3) is 0 Å². The van der Waals surface area contributed by atoms with Crippen LogP contribution in [0.4, 0.5) is 0 Å². The standard InChI is InChI=1S/C16H31N5/c1-4-6-7-10-19-16(17-5-2)20-11-8-9-13-21-14-12-18-15(21)3/h12,14H,4-11,13H2,1-3H3,(H2,17,19,20). The molecule has 0 spiro atoms. The minimum atomic E-state index is 0.911. The second-order valence-corrected chi connectivity index (χ2v) is 5.27. The fourth-order valence-corrected chi connectivity index (χ4v) is 2.15. The van der Waals surface area contributed by atoms with E-state index in [0.29, 0.717) is 0 Å². The number of aromatic nitrogens is 2. The van der Waals surface area contributed by atoms with E-state index in [4.69, 9.17) is 0 Å². The third-order valence-corrected chi connectivity index (χ3v) is 3.42. The predicted octanol–water partition coefficient (Wildman–Crippen LogP) is 2.72. The van der Waals surface area contributed by atoms with E-state index in [-0.39, 0.29) is 0 Å². The smallest absolute Gasteiger partial charge is 0.191 e. The zero-order chi connectivity index (χ0) is 15.3. The molecule has 2 N–H and O–H groups in total. The Hall–Kier alpha value is -1.52. The lowest BCUT2D eigenvalue weighted by atomic mass is 10.2. The molecule has 0 fully saturated rings. The molecule has 1 heterocycles. The number of nitrogens with zero attached hydrogens (tertiary/aromatic N) is 3. The summed E-state index contributed by atoms with van der Waals surface area (Å²) >= 11 is 0. The molecule has 21 heavy (non-hydrogen) atoms. The highest BCUT2D eigenvalue weighted by molar-refractivity contribution is 5.79. The molecule has 5 nitrogen and oxygen atoms in total. The highest BCUT2D eigenvalue weighted by atomic mass is 15.2. The number of hydrogen-bond donors (Lipinski definition) is 2. The van der Waals surface area contributed by atoms with Crippen molar-refractivity contribution in [3.05, 3.63) is 18.2 Å². The van der Waals surface area contributed by atoms with E-state index in [9.17, 15) is 0 Å². The van der Waals surface area contributed by atoms with Crippen molar-refractivity contribution in [2.24, 2.45) is 4.99 Å². The molecule has 1 aromatic rings. The molecule has 0 saturated heterocycles. The van der Waals surface area contributed by atoms with Crippen LogP contribution in [0.2, 0.25) is 0 Å². The van der Waals surface area contributed by atoms with Crippen LogP contribution in [-0.2, 0) is 6.54 Å².